The molecule has 1 heteroatoms. The molecule has 4 aromatic rings. The van der Waals surface area contributed by atoms with Crippen LogP contribution < -0.4 is 0 Å². The van der Waals surface area contributed by atoms with Gasteiger partial charge < -0.3 is 0 Å². The van der Waals surface area contributed by atoms with Crippen LogP contribution in [-0.4, -0.2) is 0 Å². The molecule has 0 heterocycles. The summed E-state index contributed by atoms with van der Waals surface area (Å²) in [5.41, 5.74) is 2.42. The SMILES string of the molecule is Clc1cccc(-c2c3ccccc3cc3ccccc23)c1. The fraction of sp³-hybridized carbons (Fsp3) is 0. The maximum absolute atomic E-state index is 6.20. The molecule has 0 nitrogen and oxygen atoms in total. The Balaban J connectivity index is 2.21. The minimum Gasteiger partial charge on any atom is -0.0843 e. The molecule has 0 N–H and O–H groups in total. The van der Waals surface area contributed by atoms with Gasteiger partial charge in [0.25, 0.3) is 0 Å². The highest BCUT2D eigenvalue weighted by atomic mass is 35.5. The van der Waals surface area contributed by atoms with Crippen molar-refractivity contribution in [2.75, 3.05) is 0 Å². The van der Waals surface area contributed by atoms with Crippen molar-refractivity contribution in [3.63, 3.8) is 0 Å². The van der Waals surface area contributed by atoms with Gasteiger partial charge >= 0.3 is 0 Å². The van der Waals surface area contributed by atoms with E-state index >= 15 is 0 Å². The van der Waals surface area contributed by atoms with E-state index in [1.165, 1.54) is 27.1 Å². The number of hydrogen-bond donors (Lipinski definition) is 0. The Labute approximate surface area is 128 Å². The highest BCUT2D eigenvalue weighted by molar-refractivity contribution is 6.31. The molecule has 0 fully saturated rings. The molecule has 0 saturated carbocycles. The summed E-state index contributed by atoms with van der Waals surface area (Å²) in [7, 11) is 0. The van der Waals surface area contributed by atoms with Gasteiger partial charge in [-0.05, 0) is 50.9 Å². The average molecular weight is 289 g/mol. The monoisotopic (exact) mass is 288 g/mol. The standard InChI is InChI=1S/C20H13Cl/c21-17-9-5-8-16(13-17)20-18-10-3-1-6-14(18)12-15-7-2-4-11-19(15)20/h1-13H. The third kappa shape index (κ3) is 2.09. The Morgan fingerprint density at radius 3 is 1.81 bits per heavy atom. The number of fused-ring (bicyclic) bond motifs is 2. The molecule has 4 aromatic carbocycles. The van der Waals surface area contributed by atoms with Gasteiger partial charge in [-0.1, -0.05) is 72.3 Å². The van der Waals surface area contributed by atoms with Crippen LogP contribution in [0.4, 0.5) is 0 Å². The Hall–Kier alpha value is -2.31. The molecule has 0 aromatic heterocycles. The van der Waals surface area contributed by atoms with Crippen molar-refractivity contribution >= 4 is 33.1 Å². The molecule has 0 atom stereocenters. The van der Waals surface area contributed by atoms with Crippen molar-refractivity contribution in [1.29, 1.82) is 0 Å². The van der Waals surface area contributed by atoms with Crippen LogP contribution in [0.15, 0.2) is 78.9 Å². The molecule has 100 valence electrons. The summed E-state index contributed by atoms with van der Waals surface area (Å²) in [6.07, 6.45) is 0. The first-order chi connectivity index (χ1) is 10.3. The van der Waals surface area contributed by atoms with E-state index in [0.717, 1.165) is 10.6 Å². The van der Waals surface area contributed by atoms with E-state index in [2.05, 4.69) is 60.7 Å². The first-order valence-electron chi connectivity index (χ1n) is 6.99. The normalized spacial score (nSPS) is 11.1. The molecule has 0 saturated heterocycles. The third-order valence-corrected chi connectivity index (χ3v) is 4.12. The smallest absolute Gasteiger partial charge is 0.0412 e. The first kappa shape index (κ1) is 12.4. The van der Waals surface area contributed by atoms with Crippen LogP contribution in [0.5, 0.6) is 0 Å². The molecule has 4 rings (SSSR count). The molecule has 0 aliphatic heterocycles. The van der Waals surface area contributed by atoms with Gasteiger partial charge in [-0.3, -0.25) is 0 Å². The van der Waals surface area contributed by atoms with Gasteiger partial charge in [0, 0.05) is 5.02 Å². The lowest BCUT2D eigenvalue weighted by atomic mass is 9.92. The molecule has 0 radical (unpaired) electrons. The Morgan fingerprint density at radius 1 is 0.571 bits per heavy atom. The maximum Gasteiger partial charge on any atom is 0.0412 e. The van der Waals surface area contributed by atoms with Gasteiger partial charge in [0.15, 0.2) is 0 Å². The first-order valence-corrected chi connectivity index (χ1v) is 7.37. The predicted molar refractivity (Wildman–Crippen MR) is 91.9 cm³/mol. The number of hydrogen-bond acceptors (Lipinski definition) is 0. The fourth-order valence-corrected chi connectivity index (χ4v) is 3.16. The maximum atomic E-state index is 6.20. The number of halogens is 1. The molecule has 21 heavy (non-hydrogen) atoms. The zero-order chi connectivity index (χ0) is 14.2. The zero-order valence-corrected chi connectivity index (χ0v) is 12.1. The van der Waals surface area contributed by atoms with Gasteiger partial charge in [0.1, 0.15) is 0 Å². The summed E-state index contributed by atoms with van der Waals surface area (Å²) < 4.78 is 0. The number of benzene rings is 4. The second-order valence-electron chi connectivity index (χ2n) is 5.20. The summed E-state index contributed by atoms with van der Waals surface area (Å²) in [5.74, 6) is 0. The van der Waals surface area contributed by atoms with E-state index < -0.39 is 0 Å². The van der Waals surface area contributed by atoms with Gasteiger partial charge in [-0.15, -0.1) is 0 Å². The molecular formula is C20H13Cl. The second-order valence-corrected chi connectivity index (χ2v) is 5.64. The summed E-state index contributed by atoms with van der Waals surface area (Å²) in [4.78, 5) is 0. The van der Waals surface area contributed by atoms with Crippen LogP contribution in [0.1, 0.15) is 0 Å². The molecule has 0 unspecified atom stereocenters. The van der Waals surface area contributed by atoms with Crippen molar-refractivity contribution in [2.24, 2.45) is 0 Å². The van der Waals surface area contributed by atoms with Gasteiger partial charge in [0.05, 0.1) is 0 Å². The summed E-state index contributed by atoms with van der Waals surface area (Å²) in [6.45, 7) is 0. The van der Waals surface area contributed by atoms with Crippen LogP contribution in [0.2, 0.25) is 5.02 Å². The fourth-order valence-electron chi connectivity index (χ4n) is 2.97. The Bertz CT molecular complexity index is 900. The summed E-state index contributed by atoms with van der Waals surface area (Å²) in [6, 6.07) is 27.4. The van der Waals surface area contributed by atoms with Crippen molar-refractivity contribution < 1.29 is 0 Å². The van der Waals surface area contributed by atoms with E-state index in [1.54, 1.807) is 0 Å². The van der Waals surface area contributed by atoms with Crippen molar-refractivity contribution in [3.05, 3.63) is 83.9 Å². The van der Waals surface area contributed by atoms with Gasteiger partial charge in [-0.25, -0.2) is 0 Å². The van der Waals surface area contributed by atoms with Crippen LogP contribution in [0.3, 0.4) is 0 Å². The van der Waals surface area contributed by atoms with Crippen LogP contribution in [0, 0.1) is 0 Å². The lowest BCUT2D eigenvalue weighted by Gasteiger charge is -2.12. The topological polar surface area (TPSA) is 0 Å². The van der Waals surface area contributed by atoms with Crippen molar-refractivity contribution in [3.8, 4) is 11.1 Å². The predicted octanol–water partition coefficient (Wildman–Crippen LogP) is 6.31. The van der Waals surface area contributed by atoms with E-state index in [1.807, 2.05) is 18.2 Å². The molecule has 0 amide bonds. The third-order valence-electron chi connectivity index (χ3n) is 3.88. The highest BCUT2D eigenvalue weighted by Crippen LogP contribution is 2.36. The minimum atomic E-state index is 0.768. The van der Waals surface area contributed by atoms with Crippen molar-refractivity contribution in [1.82, 2.24) is 0 Å². The second kappa shape index (κ2) is 4.91. The van der Waals surface area contributed by atoms with E-state index in [-0.39, 0.29) is 0 Å². The molecule has 0 bridgehead atoms. The quantitative estimate of drug-likeness (QED) is 0.360. The molecule has 0 aliphatic carbocycles. The summed E-state index contributed by atoms with van der Waals surface area (Å²) in [5, 5.41) is 5.80. The van der Waals surface area contributed by atoms with E-state index in [0.29, 0.717) is 0 Å². The average Bonchev–Trinajstić information content (AvgIpc) is 2.52. The lowest BCUT2D eigenvalue weighted by Crippen LogP contribution is -1.85. The zero-order valence-electron chi connectivity index (χ0n) is 11.4. The molecular weight excluding hydrogens is 276 g/mol. The summed E-state index contributed by atoms with van der Waals surface area (Å²) >= 11 is 6.20. The van der Waals surface area contributed by atoms with E-state index in [4.69, 9.17) is 11.6 Å². The lowest BCUT2D eigenvalue weighted by molar-refractivity contribution is 1.67. The Morgan fingerprint density at radius 2 is 1.19 bits per heavy atom. The van der Waals surface area contributed by atoms with E-state index in [9.17, 15) is 0 Å². The van der Waals surface area contributed by atoms with Crippen LogP contribution in [0.25, 0.3) is 32.7 Å². The van der Waals surface area contributed by atoms with Gasteiger partial charge in [0.2, 0.25) is 0 Å². The van der Waals surface area contributed by atoms with Crippen LogP contribution in [-0.2, 0) is 0 Å². The van der Waals surface area contributed by atoms with Gasteiger partial charge in [-0.2, -0.15) is 0 Å². The highest BCUT2D eigenvalue weighted by Gasteiger charge is 2.09. The van der Waals surface area contributed by atoms with Crippen LogP contribution >= 0.6 is 11.6 Å². The number of rotatable bonds is 1. The van der Waals surface area contributed by atoms with Crippen molar-refractivity contribution in [2.45, 2.75) is 0 Å². The Kier molecular flexibility index (Phi) is 2.90. The molecule has 0 aliphatic rings. The molecule has 0 spiro atoms. The largest absolute Gasteiger partial charge is 0.0843 e. The minimum absolute atomic E-state index is 0.768.